The lowest BCUT2D eigenvalue weighted by Gasteiger charge is -2.06. The molecule has 6 heteroatoms. The third kappa shape index (κ3) is 2.62. The van der Waals surface area contributed by atoms with Crippen LogP contribution in [-0.2, 0) is 6.54 Å². The molecule has 16 heavy (non-hydrogen) atoms. The van der Waals surface area contributed by atoms with Crippen LogP contribution < -0.4 is 5.32 Å². The Kier molecular flexibility index (Phi) is 3.26. The van der Waals surface area contributed by atoms with Crippen molar-refractivity contribution in [2.75, 3.05) is 5.32 Å². The molecule has 2 N–H and O–H groups in total. The lowest BCUT2D eigenvalue weighted by Crippen LogP contribution is -1.97. The fourth-order valence-electron chi connectivity index (χ4n) is 1.20. The average Bonchev–Trinajstić information content (AvgIpc) is 2.63. The summed E-state index contributed by atoms with van der Waals surface area (Å²) in [5.41, 5.74) is 0.478. The van der Waals surface area contributed by atoms with E-state index in [1.807, 2.05) is 0 Å². The van der Waals surface area contributed by atoms with Crippen molar-refractivity contribution < 1.29 is 9.50 Å². The van der Waals surface area contributed by atoms with E-state index in [1.165, 1.54) is 23.5 Å². The number of anilines is 1. The van der Waals surface area contributed by atoms with Crippen molar-refractivity contribution in [1.82, 2.24) is 4.98 Å². The molecule has 2 aromatic rings. The lowest BCUT2D eigenvalue weighted by atomic mass is 10.3. The predicted molar refractivity (Wildman–Crippen MR) is 62.5 cm³/mol. The number of halogens is 2. The monoisotopic (exact) mass is 258 g/mol. The van der Waals surface area contributed by atoms with Gasteiger partial charge in [-0.1, -0.05) is 11.6 Å². The molecule has 0 atom stereocenters. The average molecular weight is 259 g/mol. The number of nitrogens with zero attached hydrogens (tertiary/aromatic N) is 1. The van der Waals surface area contributed by atoms with Crippen LogP contribution in [0.5, 0.6) is 5.75 Å². The van der Waals surface area contributed by atoms with Gasteiger partial charge in [0, 0.05) is 17.1 Å². The summed E-state index contributed by atoms with van der Waals surface area (Å²) in [6, 6.07) is 3.82. The van der Waals surface area contributed by atoms with Gasteiger partial charge in [-0.05, 0) is 12.1 Å². The molecule has 84 valence electrons. The second-order valence-corrected chi connectivity index (χ2v) is 4.79. The summed E-state index contributed by atoms with van der Waals surface area (Å²) in [5.74, 6) is -0.584. The quantitative estimate of drug-likeness (QED) is 0.831. The van der Waals surface area contributed by atoms with E-state index < -0.39 is 5.82 Å². The molecule has 3 nitrogen and oxygen atoms in total. The van der Waals surface area contributed by atoms with Gasteiger partial charge < -0.3 is 10.4 Å². The minimum Gasteiger partial charge on any atom is -0.506 e. The molecule has 0 amide bonds. The minimum atomic E-state index is -0.469. The molecule has 0 fully saturated rings. The molecular formula is C10H8ClFN2OS. The van der Waals surface area contributed by atoms with Gasteiger partial charge in [-0.3, -0.25) is 0 Å². The Morgan fingerprint density at radius 3 is 2.94 bits per heavy atom. The smallest absolute Gasteiger partial charge is 0.183 e. The first-order valence-corrected chi connectivity index (χ1v) is 5.67. The number of phenolic OH excluding ortho intramolecular Hbond substituents is 1. The zero-order valence-electron chi connectivity index (χ0n) is 8.08. The van der Waals surface area contributed by atoms with E-state index in [4.69, 9.17) is 11.6 Å². The van der Waals surface area contributed by atoms with E-state index in [0.717, 1.165) is 10.9 Å². The fourth-order valence-corrected chi connectivity index (χ4v) is 2.12. The van der Waals surface area contributed by atoms with Crippen LogP contribution in [-0.4, -0.2) is 10.1 Å². The second kappa shape index (κ2) is 4.67. The zero-order chi connectivity index (χ0) is 11.5. The third-order valence-corrected chi connectivity index (χ3v) is 3.05. The number of aromatic nitrogens is 1. The SMILES string of the molecule is Oc1cc(F)ccc1NCc1cnc(Cl)s1. The van der Waals surface area contributed by atoms with Crippen LogP contribution in [0.1, 0.15) is 4.88 Å². The summed E-state index contributed by atoms with van der Waals surface area (Å²) in [7, 11) is 0. The predicted octanol–water partition coefficient (Wildman–Crippen LogP) is 3.25. The van der Waals surface area contributed by atoms with Gasteiger partial charge in [-0.25, -0.2) is 9.37 Å². The van der Waals surface area contributed by atoms with Crippen LogP contribution in [0.25, 0.3) is 0 Å². The van der Waals surface area contributed by atoms with E-state index in [1.54, 1.807) is 6.20 Å². The van der Waals surface area contributed by atoms with Gasteiger partial charge in [-0.2, -0.15) is 0 Å². The Morgan fingerprint density at radius 2 is 2.31 bits per heavy atom. The highest BCUT2D eigenvalue weighted by Gasteiger charge is 2.03. The molecule has 2 rings (SSSR count). The van der Waals surface area contributed by atoms with Gasteiger partial charge >= 0.3 is 0 Å². The molecule has 0 spiro atoms. The van der Waals surface area contributed by atoms with E-state index in [2.05, 4.69) is 10.3 Å². The van der Waals surface area contributed by atoms with Crippen molar-refractivity contribution in [3.8, 4) is 5.75 Å². The molecule has 0 saturated heterocycles. The number of aromatic hydroxyl groups is 1. The third-order valence-electron chi connectivity index (χ3n) is 1.94. The first-order chi connectivity index (χ1) is 7.65. The summed E-state index contributed by atoms with van der Waals surface area (Å²) >= 11 is 7.03. The zero-order valence-corrected chi connectivity index (χ0v) is 9.65. The van der Waals surface area contributed by atoms with Gasteiger partial charge in [0.15, 0.2) is 4.47 Å². The van der Waals surface area contributed by atoms with E-state index >= 15 is 0 Å². The van der Waals surface area contributed by atoms with Crippen molar-refractivity contribution in [2.24, 2.45) is 0 Å². The Morgan fingerprint density at radius 1 is 1.50 bits per heavy atom. The normalized spacial score (nSPS) is 10.4. The van der Waals surface area contributed by atoms with Gasteiger partial charge in [0.2, 0.25) is 0 Å². The summed E-state index contributed by atoms with van der Waals surface area (Å²) in [5, 5.41) is 12.4. The Hall–Kier alpha value is -1.33. The minimum absolute atomic E-state index is 0.115. The van der Waals surface area contributed by atoms with Gasteiger partial charge in [0.1, 0.15) is 11.6 Å². The number of nitrogens with one attached hydrogen (secondary N) is 1. The Labute approximate surface area is 101 Å². The first-order valence-electron chi connectivity index (χ1n) is 4.48. The van der Waals surface area contributed by atoms with Crippen LogP contribution in [0.3, 0.4) is 0 Å². The Balaban J connectivity index is 2.04. The summed E-state index contributed by atoms with van der Waals surface area (Å²) in [6.45, 7) is 0.490. The highest BCUT2D eigenvalue weighted by Crippen LogP contribution is 2.25. The number of thiazole rings is 1. The lowest BCUT2D eigenvalue weighted by molar-refractivity contribution is 0.471. The number of hydrogen-bond donors (Lipinski definition) is 2. The number of benzene rings is 1. The number of phenols is 1. The maximum Gasteiger partial charge on any atom is 0.183 e. The standard InChI is InChI=1S/C10H8ClFN2OS/c11-10-14-5-7(16-10)4-13-8-2-1-6(12)3-9(8)15/h1-3,5,13,15H,4H2. The molecule has 0 saturated carbocycles. The molecular weight excluding hydrogens is 251 g/mol. The van der Waals surface area contributed by atoms with Crippen molar-refractivity contribution in [3.63, 3.8) is 0 Å². The van der Waals surface area contributed by atoms with Crippen LogP contribution in [0.15, 0.2) is 24.4 Å². The summed E-state index contributed by atoms with van der Waals surface area (Å²) in [4.78, 5) is 4.83. The fraction of sp³-hybridized carbons (Fsp3) is 0.100. The van der Waals surface area contributed by atoms with Gasteiger partial charge in [0.05, 0.1) is 12.2 Å². The summed E-state index contributed by atoms with van der Waals surface area (Å²) in [6.07, 6.45) is 1.65. The van der Waals surface area contributed by atoms with Crippen molar-refractivity contribution in [2.45, 2.75) is 6.54 Å². The van der Waals surface area contributed by atoms with Crippen molar-refractivity contribution in [1.29, 1.82) is 0 Å². The molecule has 1 aromatic heterocycles. The van der Waals surface area contributed by atoms with Crippen LogP contribution >= 0.6 is 22.9 Å². The second-order valence-electron chi connectivity index (χ2n) is 3.09. The van der Waals surface area contributed by atoms with Crippen LogP contribution in [0, 0.1) is 5.82 Å². The largest absolute Gasteiger partial charge is 0.506 e. The Bertz CT molecular complexity index is 503. The molecule has 0 aliphatic carbocycles. The van der Waals surface area contributed by atoms with Gasteiger partial charge in [0.25, 0.3) is 0 Å². The maximum absolute atomic E-state index is 12.7. The first kappa shape index (κ1) is 11.2. The topological polar surface area (TPSA) is 45.1 Å². The maximum atomic E-state index is 12.7. The molecule has 1 aromatic carbocycles. The number of rotatable bonds is 3. The van der Waals surface area contributed by atoms with Crippen LogP contribution in [0.2, 0.25) is 4.47 Å². The van der Waals surface area contributed by atoms with Crippen LogP contribution in [0.4, 0.5) is 10.1 Å². The van der Waals surface area contributed by atoms with E-state index in [-0.39, 0.29) is 5.75 Å². The van der Waals surface area contributed by atoms with Gasteiger partial charge in [-0.15, -0.1) is 11.3 Å². The molecule has 0 aliphatic heterocycles. The highest BCUT2D eigenvalue weighted by atomic mass is 35.5. The van der Waals surface area contributed by atoms with Crippen molar-refractivity contribution in [3.05, 3.63) is 39.6 Å². The van der Waals surface area contributed by atoms with Crippen molar-refractivity contribution >= 4 is 28.6 Å². The molecule has 0 bridgehead atoms. The van der Waals surface area contributed by atoms with E-state index in [0.29, 0.717) is 16.7 Å². The van der Waals surface area contributed by atoms with E-state index in [9.17, 15) is 9.50 Å². The molecule has 0 aliphatic rings. The highest BCUT2D eigenvalue weighted by molar-refractivity contribution is 7.15. The molecule has 0 radical (unpaired) electrons. The molecule has 0 unspecified atom stereocenters. The molecule has 1 heterocycles. The number of hydrogen-bond acceptors (Lipinski definition) is 4. The summed E-state index contributed by atoms with van der Waals surface area (Å²) < 4.78 is 13.2.